The number of hydrogen-bond donors (Lipinski definition) is 3. The number of nitrogens with two attached hydrogens (primary N) is 1. The summed E-state index contributed by atoms with van der Waals surface area (Å²) in [5, 5.41) is 9.32. The van der Waals surface area contributed by atoms with Crippen molar-refractivity contribution < 1.29 is 4.79 Å². The van der Waals surface area contributed by atoms with Gasteiger partial charge in [-0.2, -0.15) is 5.10 Å². The largest absolute Gasteiger partial charge is 0.394 e. The minimum Gasteiger partial charge on any atom is -0.394 e. The number of aromatic amines is 1. The van der Waals surface area contributed by atoms with E-state index in [0.717, 1.165) is 19.3 Å². The van der Waals surface area contributed by atoms with E-state index in [-0.39, 0.29) is 17.2 Å². The molecule has 17 heavy (non-hydrogen) atoms. The van der Waals surface area contributed by atoms with Gasteiger partial charge < -0.3 is 11.1 Å². The Hall–Kier alpha value is -1.52. The van der Waals surface area contributed by atoms with Crippen molar-refractivity contribution in [1.82, 2.24) is 10.2 Å². The maximum atomic E-state index is 12.2. The van der Waals surface area contributed by atoms with E-state index >= 15 is 0 Å². The van der Waals surface area contributed by atoms with Gasteiger partial charge in [0, 0.05) is 5.92 Å². The summed E-state index contributed by atoms with van der Waals surface area (Å²) >= 11 is 0. The van der Waals surface area contributed by atoms with Gasteiger partial charge in [0.1, 0.15) is 0 Å². The van der Waals surface area contributed by atoms with Crippen molar-refractivity contribution in [1.29, 1.82) is 0 Å². The van der Waals surface area contributed by atoms with Gasteiger partial charge in [-0.3, -0.25) is 9.89 Å². The molecule has 5 heteroatoms. The Balaban J connectivity index is 2.07. The molecule has 1 saturated carbocycles. The third-order valence-corrected chi connectivity index (χ3v) is 3.74. The van der Waals surface area contributed by atoms with E-state index in [4.69, 9.17) is 5.73 Å². The minimum absolute atomic E-state index is 0.0469. The fourth-order valence-electron chi connectivity index (χ4n) is 2.59. The number of H-pyrrole nitrogens is 1. The first-order valence-electron chi connectivity index (χ1n) is 6.10. The lowest BCUT2D eigenvalue weighted by Gasteiger charge is -2.37. The monoisotopic (exact) mass is 236 g/mol. The Morgan fingerprint density at radius 2 is 2.35 bits per heavy atom. The third-order valence-electron chi connectivity index (χ3n) is 3.74. The van der Waals surface area contributed by atoms with Crippen LogP contribution in [-0.2, 0) is 4.79 Å². The Morgan fingerprint density at radius 1 is 1.59 bits per heavy atom. The van der Waals surface area contributed by atoms with Crippen molar-refractivity contribution in [2.45, 2.75) is 39.5 Å². The zero-order valence-corrected chi connectivity index (χ0v) is 10.4. The van der Waals surface area contributed by atoms with Crippen LogP contribution in [-0.4, -0.2) is 16.1 Å². The highest BCUT2D eigenvalue weighted by Gasteiger charge is 2.37. The summed E-state index contributed by atoms with van der Waals surface area (Å²) in [4.78, 5) is 12.2. The summed E-state index contributed by atoms with van der Waals surface area (Å²) in [7, 11) is 0. The van der Waals surface area contributed by atoms with Gasteiger partial charge in [0.25, 0.3) is 0 Å². The number of hydrogen-bond acceptors (Lipinski definition) is 3. The van der Waals surface area contributed by atoms with Crippen LogP contribution in [0.15, 0.2) is 6.20 Å². The van der Waals surface area contributed by atoms with Crippen molar-refractivity contribution >= 4 is 17.4 Å². The molecule has 1 aromatic heterocycles. The lowest BCUT2D eigenvalue weighted by Crippen LogP contribution is -2.37. The number of nitrogen functional groups attached to an aromatic ring is 1. The summed E-state index contributed by atoms with van der Waals surface area (Å²) < 4.78 is 0. The molecule has 1 fully saturated rings. The summed E-state index contributed by atoms with van der Waals surface area (Å²) in [6.07, 6.45) is 5.89. The molecule has 1 aliphatic carbocycles. The van der Waals surface area contributed by atoms with Crippen LogP contribution in [0.2, 0.25) is 0 Å². The number of aromatic nitrogens is 2. The molecule has 0 bridgehead atoms. The van der Waals surface area contributed by atoms with Crippen LogP contribution < -0.4 is 11.1 Å². The lowest BCUT2D eigenvalue weighted by atomic mass is 9.68. The van der Waals surface area contributed by atoms with Crippen molar-refractivity contribution in [3.8, 4) is 0 Å². The van der Waals surface area contributed by atoms with E-state index in [1.54, 1.807) is 0 Å². The highest BCUT2D eigenvalue weighted by molar-refractivity contribution is 5.94. The number of amides is 1. The van der Waals surface area contributed by atoms with Gasteiger partial charge in [-0.25, -0.2) is 0 Å². The second kappa shape index (κ2) is 4.39. The quantitative estimate of drug-likeness (QED) is 0.735. The molecular formula is C12H20N4O. The maximum absolute atomic E-state index is 12.2. The van der Waals surface area contributed by atoms with Crippen LogP contribution in [0.5, 0.6) is 0 Å². The smallest absolute Gasteiger partial charge is 0.229 e. The van der Waals surface area contributed by atoms with Crippen LogP contribution >= 0.6 is 0 Å². The van der Waals surface area contributed by atoms with Crippen LogP contribution in [0.3, 0.4) is 0 Å². The molecule has 5 nitrogen and oxygen atoms in total. The molecule has 0 spiro atoms. The van der Waals surface area contributed by atoms with Gasteiger partial charge in [-0.1, -0.05) is 26.7 Å². The number of carbonyl (C=O) groups excluding carboxylic acids is 1. The number of carbonyl (C=O) groups is 1. The van der Waals surface area contributed by atoms with E-state index in [9.17, 15) is 4.79 Å². The van der Waals surface area contributed by atoms with Crippen LogP contribution in [0.25, 0.3) is 0 Å². The van der Waals surface area contributed by atoms with Gasteiger partial charge in [0.05, 0.1) is 11.9 Å². The van der Waals surface area contributed by atoms with Gasteiger partial charge >= 0.3 is 0 Å². The topological polar surface area (TPSA) is 83.8 Å². The summed E-state index contributed by atoms with van der Waals surface area (Å²) in [6, 6.07) is 0. The van der Waals surface area contributed by atoms with Gasteiger partial charge in [-0.15, -0.1) is 0 Å². The maximum Gasteiger partial charge on any atom is 0.229 e. The summed E-state index contributed by atoms with van der Waals surface area (Å²) in [5.41, 5.74) is 6.22. The fraction of sp³-hybridized carbons (Fsp3) is 0.667. The molecule has 1 amide bonds. The molecule has 1 unspecified atom stereocenters. The van der Waals surface area contributed by atoms with Gasteiger partial charge in [-0.05, 0) is 18.3 Å². The first-order chi connectivity index (χ1) is 8.00. The molecule has 1 aliphatic rings. The lowest BCUT2D eigenvalue weighted by molar-refractivity contribution is -0.124. The molecule has 2 rings (SSSR count). The van der Waals surface area contributed by atoms with Crippen molar-refractivity contribution in [3.05, 3.63) is 6.20 Å². The fourth-order valence-corrected chi connectivity index (χ4v) is 2.59. The Labute approximate surface area is 101 Å². The molecule has 94 valence electrons. The normalized spacial score (nSPS) is 23.3. The Bertz CT molecular complexity index is 410. The molecule has 0 saturated heterocycles. The molecule has 1 heterocycles. The highest BCUT2D eigenvalue weighted by atomic mass is 16.2. The molecule has 1 atom stereocenters. The number of rotatable bonds is 2. The molecule has 0 radical (unpaired) electrons. The van der Waals surface area contributed by atoms with Crippen LogP contribution in [0.1, 0.15) is 39.5 Å². The molecular weight excluding hydrogens is 216 g/mol. The summed E-state index contributed by atoms with van der Waals surface area (Å²) in [5.74, 6) is 0.612. The zero-order valence-electron chi connectivity index (χ0n) is 10.4. The standard InChI is InChI=1S/C12H20N4O/c1-12(2)6-4-3-5-8(12)11(17)15-10-9(13)7-14-16-10/h7-8H,3-6,13H2,1-2H3,(H2,14,15,16,17). The van der Waals surface area contributed by atoms with E-state index in [2.05, 4.69) is 29.4 Å². The Kier molecular flexibility index (Phi) is 3.09. The van der Waals surface area contributed by atoms with E-state index in [1.807, 2.05) is 0 Å². The minimum atomic E-state index is 0.0469. The predicted octanol–water partition coefficient (Wildman–Crippen LogP) is 2.15. The first-order valence-corrected chi connectivity index (χ1v) is 6.10. The van der Waals surface area contributed by atoms with E-state index in [1.165, 1.54) is 12.6 Å². The van der Waals surface area contributed by atoms with Crippen molar-refractivity contribution in [2.24, 2.45) is 11.3 Å². The average molecular weight is 236 g/mol. The SMILES string of the molecule is CC1(C)CCCCC1C(=O)Nc1[nH]ncc1N. The van der Waals surface area contributed by atoms with Crippen LogP contribution in [0, 0.1) is 11.3 Å². The second-order valence-corrected chi connectivity index (χ2v) is 5.48. The number of nitrogens with zero attached hydrogens (tertiary/aromatic N) is 1. The summed E-state index contributed by atoms with van der Waals surface area (Å²) in [6.45, 7) is 4.32. The molecule has 0 aromatic carbocycles. The molecule has 4 N–H and O–H groups in total. The van der Waals surface area contributed by atoms with Crippen molar-refractivity contribution in [3.63, 3.8) is 0 Å². The molecule has 0 aliphatic heterocycles. The number of nitrogens with one attached hydrogen (secondary N) is 2. The Morgan fingerprint density at radius 3 is 2.94 bits per heavy atom. The van der Waals surface area contributed by atoms with Crippen LogP contribution in [0.4, 0.5) is 11.5 Å². The highest BCUT2D eigenvalue weighted by Crippen LogP contribution is 2.41. The first kappa shape index (κ1) is 12.0. The predicted molar refractivity (Wildman–Crippen MR) is 67.4 cm³/mol. The van der Waals surface area contributed by atoms with E-state index in [0.29, 0.717) is 11.5 Å². The van der Waals surface area contributed by atoms with Gasteiger partial charge in [0.15, 0.2) is 5.82 Å². The second-order valence-electron chi connectivity index (χ2n) is 5.48. The average Bonchev–Trinajstić information content (AvgIpc) is 2.63. The third kappa shape index (κ3) is 2.43. The van der Waals surface area contributed by atoms with Crippen molar-refractivity contribution in [2.75, 3.05) is 11.1 Å². The zero-order chi connectivity index (χ0) is 12.5. The van der Waals surface area contributed by atoms with E-state index < -0.39 is 0 Å². The molecule has 1 aromatic rings. The number of anilines is 2. The van der Waals surface area contributed by atoms with Gasteiger partial charge in [0.2, 0.25) is 5.91 Å².